The second kappa shape index (κ2) is 20.4. The number of rotatable bonds is 9. The Balaban J connectivity index is 0.962. The fourth-order valence-electron chi connectivity index (χ4n) is 11.6. The van der Waals surface area contributed by atoms with Crippen molar-refractivity contribution in [3.63, 3.8) is 0 Å². The molecule has 0 amide bonds. The third-order valence-corrected chi connectivity index (χ3v) is 16.4. The number of pyridine rings is 1. The number of aromatic nitrogens is 2. The summed E-state index contributed by atoms with van der Waals surface area (Å²) in [4.78, 5) is 9.97. The monoisotopic (exact) mass is 1080 g/mol. The number of hydrogen-bond acceptors (Lipinski definition) is 4. The maximum atomic E-state index is 8.79. The van der Waals surface area contributed by atoms with Crippen molar-refractivity contribution in [3.05, 3.63) is 240 Å². The molecule has 82 heavy (non-hydrogen) atoms. The molecule has 0 unspecified atom stereocenters. The van der Waals surface area contributed by atoms with E-state index in [0.29, 0.717) is 29.5 Å². The van der Waals surface area contributed by atoms with Crippen molar-refractivity contribution in [3.8, 4) is 61.8 Å². The van der Waals surface area contributed by atoms with Gasteiger partial charge in [0.2, 0.25) is 0 Å². The largest absolute Gasteiger partial charge is 0.457 e. The summed E-state index contributed by atoms with van der Waals surface area (Å²) in [5, 5.41) is 2.04. The molecule has 0 atom stereocenters. The zero-order valence-corrected chi connectivity index (χ0v) is 49.6. The van der Waals surface area contributed by atoms with Crippen LogP contribution < -0.4 is 14.5 Å². The lowest BCUT2D eigenvalue weighted by Gasteiger charge is -2.32. The number of anilines is 4. The molecule has 12 rings (SSSR count). The summed E-state index contributed by atoms with van der Waals surface area (Å²) < 4.78 is 35.4. The van der Waals surface area contributed by atoms with Crippen LogP contribution in [0.3, 0.4) is 0 Å². The molecule has 410 valence electrons. The van der Waals surface area contributed by atoms with Crippen LogP contribution in [0.4, 0.5) is 22.7 Å². The van der Waals surface area contributed by atoms with E-state index in [1.54, 1.807) is 12.3 Å². The summed E-state index contributed by atoms with van der Waals surface area (Å²) in [6, 6.07) is 73.4. The van der Waals surface area contributed by atoms with E-state index in [-0.39, 0.29) is 27.2 Å². The summed E-state index contributed by atoms with van der Waals surface area (Å²) in [6.45, 7) is 25.5. The first-order valence-electron chi connectivity index (χ1n) is 30.4. The number of benzene rings is 9. The summed E-state index contributed by atoms with van der Waals surface area (Å²) in [5.74, 6) is 1.84. The highest BCUT2D eigenvalue weighted by Crippen LogP contribution is 2.53. The van der Waals surface area contributed by atoms with Gasteiger partial charge < -0.3 is 14.5 Å². The fraction of sp³-hybridized carbons (Fsp3) is 0.234. The van der Waals surface area contributed by atoms with Gasteiger partial charge in [0.1, 0.15) is 24.0 Å². The van der Waals surface area contributed by atoms with Gasteiger partial charge in [0.05, 0.1) is 28.1 Å². The zero-order chi connectivity index (χ0) is 60.0. The molecular formula is C77H76N4O. The van der Waals surface area contributed by atoms with Crippen LogP contribution in [0.1, 0.15) is 115 Å². The van der Waals surface area contributed by atoms with Crippen molar-refractivity contribution in [2.45, 2.75) is 112 Å². The van der Waals surface area contributed by atoms with Gasteiger partial charge in [0.25, 0.3) is 0 Å². The number of hydrogen-bond donors (Lipinski definition) is 0. The maximum absolute atomic E-state index is 8.79. The highest BCUT2D eigenvalue weighted by atomic mass is 16.5. The van der Waals surface area contributed by atoms with E-state index in [0.717, 1.165) is 61.2 Å². The topological polar surface area (TPSA) is 33.5 Å². The number of ether oxygens (including phenoxy) is 1. The van der Waals surface area contributed by atoms with Crippen LogP contribution in [0.5, 0.6) is 11.5 Å². The summed E-state index contributed by atoms with van der Waals surface area (Å²) in [5.41, 5.74) is 19.5. The summed E-state index contributed by atoms with van der Waals surface area (Å²) >= 11 is 0. The van der Waals surface area contributed by atoms with Gasteiger partial charge in [-0.1, -0.05) is 217 Å². The Kier molecular flexibility index (Phi) is 12.5. The number of aryl methyl sites for hydroxylation is 1. The van der Waals surface area contributed by atoms with E-state index in [4.69, 9.17) is 13.8 Å². The molecule has 0 saturated carbocycles. The molecule has 0 aliphatic carbocycles. The second-order valence-electron chi connectivity index (χ2n) is 26.4. The fourth-order valence-corrected chi connectivity index (χ4v) is 11.6. The number of fused-ring (bicyclic) bond motifs is 4. The first kappa shape index (κ1) is 50.3. The van der Waals surface area contributed by atoms with Gasteiger partial charge in [0, 0.05) is 55.6 Å². The number of nitrogens with zero attached hydrogens (tertiary/aromatic N) is 4. The van der Waals surface area contributed by atoms with Crippen LogP contribution in [-0.2, 0) is 21.7 Å². The highest BCUT2D eigenvalue weighted by Gasteiger charge is 2.34. The number of para-hydroxylation sites is 3. The van der Waals surface area contributed by atoms with Gasteiger partial charge in [-0.15, -0.1) is 0 Å². The molecule has 2 aromatic heterocycles. The van der Waals surface area contributed by atoms with E-state index in [1.807, 2.05) is 42.5 Å². The molecule has 0 saturated heterocycles. The average Bonchev–Trinajstić information content (AvgIpc) is 2.33. The lowest BCUT2D eigenvalue weighted by atomic mass is 9.77. The first-order chi connectivity index (χ1) is 40.3. The average molecular weight is 1080 g/mol. The van der Waals surface area contributed by atoms with E-state index in [9.17, 15) is 0 Å². The van der Waals surface area contributed by atoms with E-state index < -0.39 is 6.85 Å². The standard InChI is InChI=1S/C77H76N4O/c1-50-39-72(78-48-67(50)54-25-21-26-56(40-54)74(2,3)4)81-68-30-18-17-29-63(68)64-38-37-62(47-71(64)81)82-61-28-22-27-60(46-61)79-49-80(70-32-20-19-31-69(70)79)73-65(53-35-33-52(34-36-53)51-23-15-14-16-24-51)44-59(77(11,12)13)45-66(73)55-41-57(75(5,6)7)43-58(42-55)76(8,9)10/h14-48H,49H2,1-13H3/i1D3. The summed E-state index contributed by atoms with van der Waals surface area (Å²) in [6.07, 6.45) is 1.72. The molecule has 0 radical (unpaired) electrons. The molecule has 0 bridgehead atoms. The molecule has 0 fully saturated rings. The zero-order valence-electron chi connectivity index (χ0n) is 52.6. The van der Waals surface area contributed by atoms with Gasteiger partial charge in [-0.3, -0.25) is 4.57 Å². The Morgan fingerprint density at radius 3 is 1.63 bits per heavy atom. The molecule has 5 heteroatoms. The Morgan fingerprint density at radius 2 is 0.951 bits per heavy atom. The Bertz CT molecular complexity index is 4300. The van der Waals surface area contributed by atoms with Crippen LogP contribution in [0.25, 0.3) is 72.1 Å². The van der Waals surface area contributed by atoms with Crippen molar-refractivity contribution in [2.24, 2.45) is 0 Å². The Hall–Kier alpha value is -8.67. The second-order valence-corrected chi connectivity index (χ2v) is 26.4. The molecule has 1 aliphatic rings. The molecule has 9 aromatic carbocycles. The van der Waals surface area contributed by atoms with Crippen molar-refractivity contribution in [1.29, 1.82) is 0 Å². The van der Waals surface area contributed by atoms with Gasteiger partial charge in [0.15, 0.2) is 0 Å². The highest BCUT2D eigenvalue weighted by molar-refractivity contribution is 6.09. The summed E-state index contributed by atoms with van der Waals surface area (Å²) in [7, 11) is 0. The SMILES string of the molecule is [2H]C([2H])([2H])c1cc(-n2c3ccccc3c3ccc(Oc4cccc(N5CN(c6c(-c7ccc(-c8ccccc8)cc7)cc(C(C)(C)C)cc6-c6cc(C(C)(C)C)cc(C(C)(C)C)c6)c6ccccc65)c4)cc32)ncc1-c1cccc(C(C)(C)C)c1. The van der Waals surface area contributed by atoms with E-state index in [2.05, 4.69) is 255 Å². The lowest BCUT2D eigenvalue weighted by Crippen LogP contribution is -2.25. The van der Waals surface area contributed by atoms with Gasteiger partial charge in [-0.25, -0.2) is 4.98 Å². The van der Waals surface area contributed by atoms with Crippen LogP contribution in [0, 0.1) is 6.85 Å². The van der Waals surface area contributed by atoms with Crippen molar-refractivity contribution in [1.82, 2.24) is 9.55 Å². The lowest BCUT2D eigenvalue weighted by molar-refractivity contribution is 0.483. The third-order valence-electron chi connectivity index (χ3n) is 16.4. The van der Waals surface area contributed by atoms with Crippen molar-refractivity contribution < 1.29 is 8.85 Å². The molecule has 5 nitrogen and oxygen atoms in total. The Morgan fingerprint density at radius 1 is 0.402 bits per heavy atom. The quantitative estimate of drug-likeness (QED) is 0.144. The molecule has 11 aromatic rings. The maximum Gasteiger partial charge on any atom is 0.137 e. The third kappa shape index (κ3) is 10.3. The minimum absolute atomic E-state index is 0.0862. The molecule has 0 N–H and O–H groups in total. The van der Waals surface area contributed by atoms with E-state index >= 15 is 0 Å². The van der Waals surface area contributed by atoms with Gasteiger partial charge in [-0.05, 0) is 145 Å². The van der Waals surface area contributed by atoms with Crippen molar-refractivity contribution >= 4 is 44.6 Å². The minimum atomic E-state index is -2.40. The predicted octanol–water partition coefficient (Wildman–Crippen LogP) is 21.4. The Labute approximate surface area is 490 Å². The van der Waals surface area contributed by atoms with Crippen LogP contribution in [-0.4, -0.2) is 16.2 Å². The van der Waals surface area contributed by atoms with Crippen LogP contribution in [0.2, 0.25) is 0 Å². The van der Waals surface area contributed by atoms with Crippen LogP contribution >= 0.6 is 0 Å². The molecule has 0 spiro atoms. The first-order valence-corrected chi connectivity index (χ1v) is 28.9. The molecule has 1 aliphatic heterocycles. The van der Waals surface area contributed by atoms with Gasteiger partial charge in [-0.2, -0.15) is 0 Å². The molecule has 3 heterocycles. The normalized spacial score (nSPS) is 13.8. The molecular weight excluding hydrogens is 997 g/mol. The minimum Gasteiger partial charge on any atom is -0.457 e. The predicted molar refractivity (Wildman–Crippen MR) is 348 cm³/mol. The van der Waals surface area contributed by atoms with Crippen molar-refractivity contribution in [2.75, 3.05) is 16.5 Å². The smallest absolute Gasteiger partial charge is 0.137 e. The van der Waals surface area contributed by atoms with E-state index in [1.165, 1.54) is 44.5 Å². The van der Waals surface area contributed by atoms with Crippen LogP contribution in [0.15, 0.2) is 212 Å². The van der Waals surface area contributed by atoms with Gasteiger partial charge >= 0.3 is 0 Å².